The molecule has 0 aliphatic heterocycles. The van der Waals surface area contributed by atoms with Crippen molar-refractivity contribution in [1.82, 2.24) is 9.97 Å². The molecule has 0 amide bonds. The van der Waals surface area contributed by atoms with Gasteiger partial charge in [0.1, 0.15) is 28.9 Å². The number of alkyl halides is 3. The van der Waals surface area contributed by atoms with Gasteiger partial charge in [-0.25, -0.2) is 22.8 Å². The minimum Gasteiger partial charge on any atom is -0.633 e. The molecule has 0 spiro atoms. The van der Waals surface area contributed by atoms with Crippen molar-refractivity contribution in [2.24, 2.45) is 0 Å². The van der Waals surface area contributed by atoms with Gasteiger partial charge in [-0.2, -0.15) is 13.2 Å². The van der Waals surface area contributed by atoms with E-state index < -0.39 is 49.2 Å². The molecular weight excluding hydrogens is 562 g/mol. The lowest BCUT2D eigenvalue weighted by Gasteiger charge is -2.49. The number of anilines is 2. The number of nitrogens with zero attached hydrogens (tertiary/aromatic N) is 3. The van der Waals surface area contributed by atoms with Gasteiger partial charge < -0.3 is 15.2 Å². The highest BCUT2D eigenvalue weighted by molar-refractivity contribution is 7.92. The highest BCUT2D eigenvalue weighted by Gasteiger charge is 2.39. The molecule has 3 aromatic rings. The Bertz CT molecular complexity index is 1440. The zero-order valence-corrected chi connectivity index (χ0v) is 22.5. The molecule has 1 fully saturated rings. The minimum absolute atomic E-state index is 0.0569. The molecule has 8 nitrogen and oxygen atoms in total. The number of quaternary nitrogens is 1. The molecule has 2 aromatic carbocycles. The molecule has 1 aliphatic rings. The first-order chi connectivity index (χ1) is 18.1. The number of nitrogens with one attached hydrogen (secondary N) is 2. The average molecular weight is 588 g/mol. The SMILES string of the molecule is C[N+](C)([O-])[C@H]1C[C@@H](c2cccc(C(F)(F)F)c2)CC[C@@H]1Nc1cc(F)c(S(=O)(=O)Nc2ccncn2)cc1Cl. The summed E-state index contributed by atoms with van der Waals surface area (Å²) in [4.78, 5) is 6.75. The van der Waals surface area contributed by atoms with Gasteiger partial charge >= 0.3 is 6.18 Å². The average Bonchev–Trinajstić information content (AvgIpc) is 2.85. The third-order valence-corrected chi connectivity index (χ3v) is 8.46. The van der Waals surface area contributed by atoms with Crippen molar-refractivity contribution in [2.75, 3.05) is 24.1 Å². The van der Waals surface area contributed by atoms with Crippen LogP contribution in [-0.2, 0) is 16.2 Å². The highest BCUT2D eigenvalue weighted by Crippen LogP contribution is 2.40. The van der Waals surface area contributed by atoms with Gasteiger partial charge in [-0.3, -0.25) is 4.72 Å². The molecule has 2 N–H and O–H groups in total. The largest absolute Gasteiger partial charge is 0.633 e. The van der Waals surface area contributed by atoms with Crippen LogP contribution < -0.4 is 10.0 Å². The Morgan fingerprint density at radius 1 is 1.13 bits per heavy atom. The fourth-order valence-electron chi connectivity index (χ4n) is 4.86. The topological polar surface area (TPSA) is 107 Å². The van der Waals surface area contributed by atoms with E-state index in [9.17, 15) is 26.8 Å². The smallest absolute Gasteiger partial charge is 0.416 e. The van der Waals surface area contributed by atoms with Crippen molar-refractivity contribution in [3.8, 4) is 0 Å². The first-order valence-corrected chi connectivity index (χ1v) is 13.8. The molecule has 1 heterocycles. The minimum atomic E-state index is -4.48. The maximum atomic E-state index is 15.0. The van der Waals surface area contributed by atoms with E-state index in [0.29, 0.717) is 18.4 Å². The molecule has 0 saturated heterocycles. The van der Waals surface area contributed by atoms with Gasteiger partial charge in [0.15, 0.2) is 0 Å². The molecule has 0 unspecified atom stereocenters. The van der Waals surface area contributed by atoms with E-state index in [1.807, 2.05) is 0 Å². The summed E-state index contributed by atoms with van der Waals surface area (Å²) in [5.74, 6) is -1.42. The van der Waals surface area contributed by atoms with E-state index in [1.54, 1.807) is 6.07 Å². The van der Waals surface area contributed by atoms with Crippen molar-refractivity contribution < 1.29 is 30.6 Å². The number of hydrogen-bond donors (Lipinski definition) is 2. The summed E-state index contributed by atoms with van der Waals surface area (Å²) in [6.07, 6.45) is -0.886. The lowest BCUT2D eigenvalue weighted by molar-refractivity contribution is -0.868. The van der Waals surface area contributed by atoms with E-state index in [-0.39, 0.29) is 28.9 Å². The van der Waals surface area contributed by atoms with Crippen molar-refractivity contribution in [3.05, 3.63) is 82.2 Å². The summed E-state index contributed by atoms with van der Waals surface area (Å²) in [7, 11) is -1.49. The second kappa shape index (κ2) is 10.9. The van der Waals surface area contributed by atoms with Crippen LogP contribution in [0.25, 0.3) is 0 Å². The van der Waals surface area contributed by atoms with E-state index in [4.69, 9.17) is 11.6 Å². The zero-order valence-electron chi connectivity index (χ0n) is 20.9. The van der Waals surface area contributed by atoms with Crippen LogP contribution >= 0.6 is 11.6 Å². The number of rotatable bonds is 7. The molecule has 210 valence electrons. The Morgan fingerprint density at radius 2 is 1.87 bits per heavy atom. The summed E-state index contributed by atoms with van der Waals surface area (Å²) in [5.41, 5.74) is -0.160. The lowest BCUT2D eigenvalue weighted by Crippen LogP contribution is -2.55. The van der Waals surface area contributed by atoms with Crippen molar-refractivity contribution in [2.45, 2.75) is 48.3 Å². The van der Waals surface area contributed by atoms with Gasteiger partial charge in [-0.1, -0.05) is 29.8 Å². The first kappa shape index (κ1) is 29.0. The molecule has 4 rings (SSSR count). The van der Waals surface area contributed by atoms with Crippen molar-refractivity contribution in [3.63, 3.8) is 0 Å². The number of likely N-dealkylation sites (N-methyl/N-ethyl adjacent to an activating group) is 1. The van der Waals surface area contributed by atoms with Crippen LogP contribution in [0.4, 0.5) is 29.1 Å². The summed E-state index contributed by atoms with van der Waals surface area (Å²) in [6, 6.07) is 7.18. The molecule has 1 aromatic heterocycles. The normalized spacial score (nSPS) is 20.5. The second-order valence-electron chi connectivity index (χ2n) is 9.85. The number of hydrogen-bond acceptors (Lipinski definition) is 6. The standard InChI is InChI=1S/C25H26ClF4N5O3S/c1-35(2,36)22-11-16(15-4-3-5-17(10-15)25(28,29)30)6-7-20(22)33-21-13-19(27)23(12-18(21)26)39(37,38)34-24-8-9-31-14-32-24/h3-5,8-10,12-14,16,20,22,33H,6-7,11H2,1-2H3,(H,31,32,34)/t16-,20-,22-/m0/s1. The van der Waals surface area contributed by atoms with E-state index in [1.165, 1.54) is 32.4 Å². The van der Waals surface area contributed by atoms with Crippen LogP contribution in [0.2, 0.25) is 5.02 Å². The molecule has 3 atom stereocenters. The maximum absolute atomic E-state index is 15.0. The predicted octanol–water partition coefficient (Wildman–Crippen LogP) is 5.78. The summed E-state index contributed by atoms with van der Waals surface area (Å²) < 4.78 is 81.6. The third-order valence-electron chi connectivity index (χ3n) is 6.77. The third kappa shape index (κ3) is 6.78. The van der Waals surface area contributed by atoms with E-state index in [2.05, 4.69) is 20.0 Å². The Labute approximate surface area is 228 Å². The van der Waals surface area contributed by atoms with Crippen molar-refractivity contribution >= 4 is 33.1 Å². The monoisotopic (exact) mass is 587 g/mol. The lowest BCUT2D eigenvalue weighted by atomic mass is 9.77. The molecular formula is C25H26ClF4N5O3S. The molecule has 39 heavy (non-hydrogen) atoms. The number of halogens is 5. The molecule has 0 radical (unpaired) electrons. The first-order valence-electron chi connectivity index (χ1n) is 11.9. The maximum Gasteiger partial charge on any atom is 0.416 e. The second-order valence-corrected chi connectivity index (χ2v) is 11.9. The van der Waals surface area contributed by atoms with Crippen LogP contribution in [0.3, 0.4) is 0 Å². The Hall–Kier alpha value is -3.00. The predicted molar refractivity (Wildman–Crippen MR) is 139 cm³/mol. The van der Waals surface area contributed by atoms with E-state index in [0.717, 1.165) is 30.6 Å². The number of hydroxylamine groups is 3. The number of sulfonamides is 1. The number of benzene rings is 2. The van der Waals surface area contributed by atoms with Crippen LogP contribution in [0.1, 0.15) is 36.3 Å². The van der Waals surface area contributed by atoms with Crippen molar-refractivity contribution in [1.29, 1.82) is 0 Å². The quantitative estimate of drug-likeness (QED) is 0.206. The highest BCUT2D eigenvalue weighted by atomic mass is 35.5. The van der Waals surface area contributed by atoms with Gasteiger partial charge in [0, 0.05) is 12.6 Å². The Balaban J connectivity index is 1.56. The van der Waals surface area contributed by atoms with Gasteiger partial charge in [0.25, 0.3) is 10.0 Å². The molecule has 0 bridgehead atoms. The summed E-state index contributed by atoms with van der Waals surface area (Å²) in [6.45, 7) is 0. The van der Waals surface area contributed by atoms with Crippen LogP contribution in [-0.4, -0.2) is 49.2 Å². The van der Waals surface area contributed by atoms with Gasteiger partial charge in [0.2, 0.25) is 0 Å². The number of aromatic nitrogens is 2. The van der Waals surface area contributed by atoms with Crippen LogP contribution in [0.15, 0.2) is 59.9 Å². The molecule has 14 heteroatoms. The Morgan fingerprint density at radius 3 is 2.51 bits per heavy atom. The van der Waals surface area contributed by atoms with Crippen LogP contribution in [0.5, 0.6) is 0 Å². The molecule has 1 aliphatic carbocycles. The summed E-state index contributed by atoms with van der Waals surface area (Å²) >= 11 is 6.34. The van der Waals surface area contributed by atoms with Gasteiger partial charge in [-0.05, 0) is 48.6 Å². The fraction of sp³-hybridized carbons (Fsp3) is 0.360. The Kier molecular flexibility index (Phi) is 8.08. The molecule has 1 saturated carbocycles. The fourth-order valence-corrected chi connectivity index (χ4v) is 6.24. The zero-order chi connectivity index (χ0) is 28.6. The van der Waals surface area contributed by atoms with Gasteiger partial charge in [0.05, 0.1) is 36.4 Å². The van der Waals surface area contributed by atoms with Crippen LogP contribution in [0, 0.1) is 11.0 Å². The van der Waals surface area contributed by atoms with E-state index >= 15 is 4.39 Å². The summed E-state index contributed by atoms with van der Waals surface area (Å²) in [5, 5.41) is 16.1. The van der Waals surface area contributed by atoms with Gasteiger partial charge in [-0.15, -0.1) is 0 Å².